The number of benzene rings is 2. The highest BCUT2D eigenvalue weighted by molar-refractivity contribution is 7.22. The van der Waals surface area contributed by atoms with E-state index in [-0.39, 0.29) is 6.61 Å². The van der Waals surface area contributed by atoms with Crippen LogP contribution in [0.5, 0.6) is 5.75 Å². The quantitative estimate of drug-likeness (QED) is 0.470. The Morgan fingerprint density at radius 2 is 2.04 bits per heavy atom. The van der Waals surface area contributed by atoms with Gasteiger partial charge in [-0.25, -0.2) is 15.2 Å². The van der Waals surface area contributed by atoms with Gasteiger partial charge in [-0.1, -0.05) is 35.1 Å². The molecule has 0 fully saturated rings. The molecule has 1 heterocycles. The molecule has 0 bridgehead atoms. The van der Waals surface area contributed by atoms with Crippen LogP contribution in [0, 0.1) is 0 Å². The second kappa shape index (κ2) is 9.16. The fourth-order valence-corrected chi connectivity index (χ4v) is 3.10. The largest absolute Gasteiger partial charge is 0.484 e. The zero-order valence-corrected chi connectivity index (χ0v) is 16.2. The smallest absolute Gasteiger partial charge is 0.413 e. The van der Waals surface area contributed by atoms with Gasteiger partial charge in [0, 0.05) is 5.02 Å². The third-order valence-electron chi connectivity index (χ3n) is 3.40. The van der Waals surface area contributed by atoms with Crippen molar-refractivity contribution in [2.24, 2.45) is 5.10 Å². The number of hydrogen-bond acceptors (Lipinski definition) is 7. The third-order valence-corrected chi connectivity index (χ3v) is 4.58. The molecule has 0 spiro atoms. The van der Waals surface area contributed by atoms with E-state index >= 15 is 0 Å². The fourth-order valence-electron chi connectivity index (χ4n) is 2.10. The maximum absolute atomic E-state index is 11.8. The van der Waals surface area contributed by atoms with Crippen molar-refractivity contribution in [3.63, 3.8) is 0 Å². The van der Waals surface area contributed by atoms with Gasteiger partial charge in [0.25, 0.3) is 5.91 Å². The summed E-state index contributed by atoms with van der Waals surface area (Å²) in [4.78, 5) is 27.3. The number of hydrazone groups is 1. The van der Waals surface area contributed by atoms with Gasteiger partial charge in [0.1, 0.15) is 5.75 Å². The van der Waals surface area contributed by atoms with Crippen LogP contribution in [-0.2, 0) is 9.53 Å². The van der Waals surface area contributed by atoms with Gasteiger partial charge in [0.2, 0.25) is 0 Å². The van der Waals surface area contributed by atoms with E-state index in [0.717, 1.165) is 10.3 Å². The Morgan fingerprint density at radius 1 is 1.25 bits per heavy atom. The Balaban J connectivity index is 1.53. The monoisotopic (exact) mass is 418 g/mol. The summed E-state index contributed by atoms with van der Waals surface area (Å²) in [7, 11) is 1.28. The van der Waals surface area contributed by atoms with E-state index in [2.05, 4.69) is 25.6 Å². The van der Waals surface area contributed by atoms with E-state index in [9.17, 15) is 9.59 Å². The van der Waals surface area contributed by atoms with E-state index in [4.69, 9.17) is 16.3 Å². The molecule has 144 valence electrons. The molecular weight excluding hydrogens is 404 g/mol. The fraction of sp³-hybridized carbons (Fsp3) is 0.111. The highest BCUT2D eigenvalue weighted by atomic mass is 35.5. The van der Waals surface area contributed by atoms with Crippen LogP contribution in [-0.4, -0.2) is 36.9 Å². The van der Waals surface area contributed by atoms with Crippen molar-refractivity contribution in [2.75, 3.05) is 19.0 Å². The number of ether oxygens (including phenoxy) is 2. The number of methoxy groups -OCH3 is 1. The molecule has 0 aliphatic carbocycles. The summed E-state index contributed by atoms with van der Waals surface area (Å²) >= 11 is 7.07. The number of carbonyl (C=O) groups is 2. The van der Waals surface area contributed by atoms with Crippen molar-refractivity contribution in [3.8, 4) is 5.75 Å². The van der Waals surface area contributed by atoms with E-state index < -0.39 is 12.0 Å². The zero-order valence-electron chi connectivity index (χ0n) is 14.6. The lowest BCUT2D eigenvalue weighted by molar-refractivity contribution is -0.123. The molecule has 0 saturated carbocycles. The summed E-state index contributed by atoms with van der Waals surface area (Å²) in [5.41, 5.74) is 3.89. The Labute approximate surface area is 169 Å². The third kappa shape index (κ3) is 5.41. The first-order valence-electron chi connectivity index (χ1n) is 7.99. The number of halogens is 1. The standard InChI is InChI=1S/C18H15ClN4O4S/c1-26-18(25)22-17-21-14-7-6-13(8-15(14)28-17)27-10-16(24)23-20-9-11-2-4-12(19)5-3-11/h2-9H,10H2,1H3,(H,23,24)(H,21,22,25)/b20-9+. The minimum Gasteiger partial charge on any atom is -0.484 e. The van der Waals surface area contributed by atoms with Crippen LogP contribution in [0.25, 0.3) is 10.2 Å². The molecule has 0 radical (unpaired) electrons. The lowest BCUT2D eigenvalue weighted by Crippen LogP contribution is -2.24. The summed E-state index contributed by atoms with van der Waals surface area (Å²) in [6.07, 6.45) is 0.916. The molecule has 2 amide bonds. The molecular formula is C18H15ClN4O4S. The van der Waals surface area contributed by atoms with Gasteiger partial charge in [-0.3, -0.25) is 10.1 Å². The summed E-state index contributed by atoms with van der Waals surface area (Å²) in [5.74, 6) is 0.0975. The second-order valence-corrected chi connectivity index (χ2v) is 6.87. The molecule has 10 heteroatoms. The van der Waals surface area contributed by atoms with Gasteiger partial charge in [-0.2, -0.15) is 5.10 Å². The predicted octanol–water partition coefficient (Wildman–Crippen LogP) is 3.66. The minimum absolute atomic E-state index is 0.199. The molecule has 3 rings (SSSR count). The van der Waals surface area contributed by atoms with E-state index in [1.54, 1.807) is 42.5 Å². The van der Waals surface area contributed by atoms with Crippen LogP contribution in [0.4, 0.5) is 9.93 Å². The lowest BCUT2D eigenvalue weighted by atomic mass is 10.2. The number of amides is 2. The zero-order chi connectivity index (χ0) is 19.9. The van der Waals surface area contributed by atoms with Crippen molar-refractivity contribution in [2.45, 2.75) is 0 Å². The molecule has 28 heavy (non-hydrogen) atoms. The summed E-state index contributed by atoms with van der Waals surface area (Å²) < 4.78 is 10.8. The molecule has 0 unspecified atom stereocenters. The molecule has 0 aliphatic heterocycles. The number of thiazole rings is 1. The first-order chi connectivity index (χ1) is 13.5. The van der Waals surface area contributed by atoms with Gasteiger partial charge in [-0.05, 0) is 35.9 Å². The molecule has 2 aromatic carbocycles. The van der Waals surface area contributed by atoms with E-state index in [1.165, 1.54) is 24.7 Å². The highest BCUT2D eigenvalue weighted by Gasteiger charge is 2.09. The van der Waals surface area contributed by atoms with Crippen molar-refractivity contribution in [1.82, 2.24) is 10.4 Å². The lowest BCUT2D eigenvalue weighted by Gasteiger charge is -2.04. The molecule has 8 nitrogen and oxygen atoms in total. The summed E-state index contributed by atoms with van der Waals surface area (Å²) in [6.45, 7) is -0.199. The molecule has 0 atom stereocenters. The van der Waals surface area contributed by atoms with Crippen molar-refractivity contribution >= 4 is 56.5 Å². The molecule has 2 N–H and O–H groups in total. The molecule has 1 aromatic heterocycles. The van der Waals surface area contributed by atoms with E-state index in [0.29, 0.717) is 21.4 Å². The van der Waals surface area contributed by atoms with Crippen LogP contribution in [0.3, 0.4) is 0 Å². The Bertz CT molecular complexity index is 1020. The molecule has 0 saturated heterocycles. The Hall–Kier alpha value is -3.17. The predicted molar refractivity (Wildman–Crippen MR) is 108 cm³/mol. The number of rotatable bonds is 6. The van der Waals surface area contributed by atoms with Crippen LogP contribution in [0.15, 0.2) is 47.6 Å². The average molecular weight is 419 g/mol. The maximum atomic E-state index is 11.8. The number of nitrogens with zero attached hydrogens (tertiary/aromatic N) is 2. The number of carbonyl (C=O) groups excluding carboxylic acids is 2. The van der Waals surface area contributed by atoms with Gasteiger partial charge in [-0.15, -0.1) is 0 Å². The van der Waals surface area contributed by atoms with Gasteiger partial charge >= 0.3 is 6.09 Å². The average Bonchev–Trinajstić information content (AvgIpc) is 3.09. The topological polar surface area (TPSA) is 102 Å². The number of fused-ring (bicyclic) bond motifs is 1. The van der Waals surface area contributed by atoms with Crippen molar-refractivity contribution < 1.29 is 19.1 Å². The Morgan fingerprint density at radius 3 is 2.79 bits per heavy atom. The van der Waals surface area contributed by atoms with Crippen LogP contribution >= 0.6 is 22.9 Å². The normalized spacial score (nSPS) is 10.8. The van der Waals surface area contributed by atoms with Crippen LogP contribution in [0.2, 0.25) is 5.02 Å². The van der Waals surface area contributed by atoms with Crippen LogP contribution < -0.4 is 15.5 Å². The SMILES string of the molecule is COC(=O)Nc1nc2ccc(OCC(=O)N/N=C/c3ccc(Cl)cc3)cc2s1. The second-order valence-electron chi connectivity index (χ2n) is 5.40. The Kier molecular flexibility index (Phi) is 6.41. The van der Waals surface area contributed by atoms with Crippen molar-refractivity contribution in [1.29, 1.82) is 0 Å². The number of hydrogen-bond donors (Lipinski definition) is 2. The van der Waals surface area contributed by atoms with Gasteiger partial charge in [0.15, 0.2) is 11.7 Å². The molecule has 0 aliphatic rings. The van der Waals surface area contributed by atoms with Gasteiger partial charge < -0.3 is 9.47 Å². The number of nitrogens with one attached hydrogen (secondary N) is 2. The first kappa shape index (κ1) is 19.6. The highest BCUT2D eigenvalue weighted by Crippen LogP contribution is 2.29. The summed E-state index contributed by atoms with van der Waals surface area (Å²) in [6, 6.07) is 12.2. The first-order valence-corrected chi connectivity index (χ1v) is 9.19. The number of aromatic nitrogens is 1. The summed E-state index contributed by atoms with van der Waals surface area (Å²) in [5, 5.41) is 7.41. The van der Waals surface area contributed by atoms with Crippen molar-refractivity contribution in [3.05, 3.63) is 53.1 Å². The van der Waals surface area contributed by atoms with Crippen LogP contribution in [0.1, 0.15) is 5.56 Å². The van der Waals surface area contributed by atoms with E-state index in [1.807, 2.05) is 0 Å². The molecule has 3 aromatic rings. The van der Waals surface area contributed by atoms with Gasteiger partial charge in [0.05, 0.1) is 23.5 Å². The minimum atomic E-state index is -0.591. The number of anilines is 1. The maximum Gasteiger partial charge on any atom is 0.413 e.